The minimum Gasteiger partial charge on any atom is -0.324 e. The van der Waals surface area contributed by atoms with Crippen molar-refractivity contribution in [2.45, 2.75) is 11.8 Å². The molecule has 0 aliphatic rings. The number of sulfone groups is 1. The molecule has 6 heteroatoms. The molecule has 0 aliphatic carbocycles. The number of hydrogen-bond donors (Lipinski definition) is 1. The summed E-state index contributed by atoms with van der Waals surface area (Å²) in [6, 6.07) is 13.7. The fourth-order valence-corrected chi connectivity index (χ4v) is 3.41. The quantitative estimate of drug-likeness (QED) is 0.782. The number of benzene rings is 2. The summed E-state index contributed by atoms with van der Waals surface area (Å²) in [4.78, 5) is 12.1. The summed E-state index contributed by atoms with van der Waals surface area (Å²) in [5.74, 6) is -1.11. The maximum atomic E-state index is 12.2. The van der Waals surface area contributed by atoms with Gasteiger partial charge in [0.2, 0.25) is 5.91 Å². The first-order valence-corrected chi connectivity index (χ1v) is 8.95. The lowest BCUT2D eigenvalue weighted by Gasteiger charge is -2.08. The van der Waals surface area contributed by atoms with Crippen molar-refractivity contribution in [3.63, 3.8) is 0 Å². The molecule has 0 spiro atoms. The van der Waals surface area contributed by atoms with Crippen LogP contribution >= 0.6 is 22.6 Å². The Morgan fingerprint density at radius 2 is 1.71 bits per heavy atom. The largest absolute Gasteiger partial charge is 0.324 e. The molecule has 2 aromatic carbocycles. The maximum Gasteiger partial charge on any atom is 0.239 e. The average molecular weight is 415 g/mol. The summed E-state index contributed by atoms with van der Waals surface area (Å²) in [5, 5.41) is 2.62. The monoisotopic (exact) mass is 415 g/mol. The molecule has 110 valence electrons. The summed E-state index contributed by atoms with van der Waals surface area (Å²) in [5.41, 5.74) is 1.58. The van der Waals surface area contributed by atoms with Gasteiger partial charge in [-0.1, -0.05) is 29.8 Å². The molecular formula is C15H14INO3S. The normalized spacial score (nSPS) is 11.1. The van der Waals surface area contributed by atoms with E-state index in [4.69, 9.17) is 0 Å². The summed E-state index contributed by atoms with van der Waals surface area (Å²) >= 11 is 2.08. The molecule has 2 rings (SSSR count). The first-order chi connectivity index (χ1) is 9.88. The lowest BCUT2D eigenvalue weighted by atomic mass is 10.2. The van der Waals surface area contributed by atoms with Crippen molar-refractivity contribution in [3.05, 3.63) is 57.7 Å². The highest BCUT2D eigenvalue weighted by Crippen LogP contribution is 2.18. The Labute approximate surface area is 137 Å². The third-order valence-electron chi connectivity index (χ3n) is 2.85. The van der Waals surface area contributed by atoms with Crippen LogP contribution in [0.25, 0.3) is 0 Å². The third kappa shape index (κ3) is 4.28. The van der Waals surface area contributed by atoms with Gasteiger partial charge in [-0.2, -0.15) is 0 Å². The SMILES string of the molecule is Cc1ccc(S(=O)(=O)CC(=O)Nc2ccccc2I)cc1. The second-order valence-electron chi connectivity index (χ2n) is 4.60. The number of nitrogens with one attached hydrogen (secondary N) is 1. The van der Waals surface area contributed by atoms with Crippen LogP contribution in [0.3, 0.4) is 0 Å². The standard InChI is InChI=1S/C15H14INO3S/c1-11-6-8-12(9-7-11)21(19,20)10-15(18)17-14-5-3-2-4-13(14)16/h2-9H,10H2,1H3,(H,17,18). The molecule has 1 N–H and O–H groups in total. The lowest BCUT2D eigenvalue weighted by molar-refractivity contribution is -0.113. The van der Waals surface area contributed by atoms with E-state index in [1.54, 1.807) is 24.3 Å². The van der Waals surface area contributed by atoms with Crippen LogP contribution in [0.5, 0.6) is 0 Å². The van der Waals surface area contributed by atoms with Crippen LogP contribution in [0.15, 0.2) is 53.4 Å². The van der Waals surface area contributed by atoms with Gasteiger partial charge >= 0.3 is 0 Å². The van der Waals surface area contributed by atoms with E-state index >= 15 is 0 Å². The van der Waals surface area contributed by atoms with Gasteiger partial charge in [-0.15, -0.1) is 0 Å². The van der Waals surface area contributed by atoms with Gasteiger partial charge in [-0.25, -0.2) is 8.42 Å². The molecule has 2 aromatic rings. The van der Waals surface area contributed by atoms with Gasteiger partial charge in [0.25, 0.3) is 0 Å². The van der Waals surface area contributed by atoms with Gasteiger partial charge in [0.05, 0.1) is 10.6 Å². The minimum atomic E-state index is -3.62. The Morgan fingerprint density at radius 3 is 2.33 bits per heavy atom. The van der Waals surface area contributed by atoms with Crippen LogP contribution in [-0.4, -0.2) is 20.1 Å². The first-order valence-electron chi connectivity index (χ1n) is 6.22. The Bertz CT molecular complexity index is 755. The molecular weight excluding hydrogens is 401 g/mol. The fourth-order valence-electron chi connectivity index (χ4n) is 1.75. The molecule has 0 radical (unpaired) electrons. The molecule has 0 fully saturated rings. The molecule has 0 atom stereocenters. The van der Waals surface area contributed by atoms with Crippen LogP contribution in [0, 0.1) is 10.5 Å². The van der Waals surface area contributed by atoms with E-state index in [1.807, 2.05) is 19.1 Å². The molecule has 0 saturated heterocycles. The van der Waals surface area contributed by atoms with Gasteiger partial charge in [-0.3, -0.25) is 4.79 Å². The molecule has 4 nitrogen and oxygen atoms in total. The zero-order valence-electron chi connectivity index (χ0n) is 11.3. The molecule has 0 aliphatic heterocycles. The van der Waals surface area contributed by atoms with Crippen LogP contribution < -0.4 is 5.32 Å². The van der Waals surface area contributed by atoms with Crippen LogP contribution in [0.1, 0.15) is 5.56 Å². The molecule has 0 heterocycles. The number of carbonyl (C=O) groups is 1. The van der Waals surface area contributed by atoms with Crippen LogP contribution in [0.2, 0.25) is 0 Å². The van der Waals surface area contributed by atoms with Crippen molar-refractivity contribution in [3.8, 4) is 0 Å². The van der Waals surface area contributed by atoms with Gasteiger partial charge in [0, 0.05) is 3.57 Å². The fraction of sp³-hybridized carbons (Fsp3) is 0.133. The van der Waals surface area contributed by atoms with Crippen molar-refractivity contribution in [2.24, 2.45) is 0 Å². The maximum absolute atomic E-state index is 12.2. The smallest absolute Gasteiger partial charge is 0.239 e. The van der Waals surface area contributed by atoms with Gasteiger partial charge in [0.15, 0.2) is 9.84 Å². The predicted octanol–water partition coefficient (Wildman–Crippen LogP) is 3.01. The summed E-state index contributed by atoms with van der Waals surface area (Å²) in [6.07, 6.45) is 0. The Balaban J connectivity index is 2.12. The van der Waals surface area contributed by atoms with E-state index in [-0.39, 0.29) is 4.90 Å². The van der Waals surface area contributed by atoms with Gasteiger partial charge in [0.1, 0.15) is 5.75 Å². The first kappa shape index (κ1) is 16.0. The summed E-state index contributed by atoms with van der Waals surface area (Å²) < 4.78 is 25.2. The van der Waals surface area contributed by atoms with E-state index < -0.39 is 21.5 Å². The minimum absolute atomic E-state index is 0.158. The second-order valence-corrected chi connectivity index (χ2v) is 7.75. The zero-order valence-corrected chi connectivity index (χ0v) is 14.3. The molecule has 0 unspecified atom stereocenters. The number of anilines is 1. The highest BCUT2D eigenvalue weighted by Gasteiger charge is 2.19. The highest BCUT2D eigenvalue weighted by atomic mass is 127. The number of rotatable bonds is 4. The van der Waals surface area contributed by atoms with E-state index in [9.17, 15) is 13.2 Å². The van der Waals surface area contributed by atoms with Crippen molar-refractivity contribution < 1.29 is 13.2 Å². The van der Waals surface area contributed by atoms with Gasteiger partial charge < -0.3 is 5.32 Å². The van der Waals surface area contributed by atoms with Crippen LogP contribution in [0.4, 0.5) is 5.69 Å². The van der Waals surface area contributed by atoms with E-state index in [1.165, 1.54) is 12.1 Å². The van der Waals surface area contributed by atoms with E-state index in [0.29, 0.717) is 5.69 Å². The Kier molecular flexibility index (Phi) is 5.00. The van der Waals surface area contributed by atoms with Crippen molar-refractivity contribution in [1.82, 2.24) is 0 Å². The van der Waals surface area contributed by atoms with Gasteiger partial charge in [-0.05, 0) is 53.8 Å². The van der Waals surface area contributed by atoms with Crippen molar-refractivity contribution in [2.75, 3.05) is 11.1 Å². The number of amides is 1. The average Bonchev–Trinajstić information content (AvgIpc) is 2.41. The second kappa shape index (κ2) is 6.57. The van der Waals surface area contributed by atoms with Crippen molar-refractivity contribution in [1.29, 1.82) is 0 Å². The molecule has 0 aromatic heterocycles. The Morgan fingerprint density at radius 1 is 1.10 bits per heavy atom. The van der Waals surface area contributed by atoms with E-state index in [0.717, 1.165) is 9.13 Å². The predicted molar refractivity (Wildman–Crippen MR) is 91.0 cm³/mol. The molecule has 0 bridgehead atoms. The molecule has 21 heavy (non-hydrogen) atoms. The number of carbonyl (C=O) groups excluding carboxylic acids is 1. The zero-order chi connectivity index (χ0) is 15.5. The number of hydrogen-bond acceptors (Lipinski definition) is 3. The molecule has 1 amide bonds. The van der Waals surface area contributed by atoms with Crippen LogP contribution in [-0.2, 0) is 14.6 Å². The molecule has 0 saturated carbocycles. The highest BCUT2D eigenvalue weighted by molar-refractivity contribution is 14.1. The topological polar surface area (TPSA) is 63.2 Å². The third-order valence-corrected chi connectivity index (χ3v) is 5.42. The van der Waals surface area contributed by atoms with Crippen molar-refractivity contribution >= 4 is 44.0 Å². The Hall–Kier alpha value is -1.41. The number of halogens is 1. The van der Waals surface area contributed by atoms with E-state index in [2.05, 4.69) is 27.9 Å². The number of aryl methyl sites for hydroxylation is 1. The summed E-state index contributed by atoms with van der Waals surface area (Å²) in [7, 11) is -3.62. The lowest BCUT2D eigenvalue weighted by Crippen LogP contribution is -2.23. The summed E-state index contributed by atoms with van der Waals surface area (Å²) in [6.45, 7) is 1.88. The number of para-hydroxylation sites is 1.